The monoisotopic (exact) mass is 140 g/mol. The number of carbonyl (C=O) groups is 1. The van der Waals surface area contributed by atoms with E-state index in [1.807, 2.05) is 0 Å². The lowest BCUT2D eigenvalue weighted by Crippen LogP contribution is -2.28. The maximum atomic E-state index is 11.3. The van der Waals surface area contributed by atoms with Gasteiger partial charge in [-0.15, -0.1) is 0 Å². The van der Waals surface area contributed by atoms with Crippen LogP contribution in [0.1, 0.15) is 33.6 Å². The van der Waals surface area contributed by atoms with Crippen LogP contribution in [0.4, 0.5) is 0 Å². The molecule has 1 aliphatic rings. The van der Waals surface area contributed by atoms with Gasteiger partial charge < -0.3 is 0 Å². The molecular weight excluding hydrogens is 124 g/mol. The Bertz CT molecular complexity index is 126. The summed E-state index contributed by atoms with van der Waals surface area (Å²) in [6.45, 7) is 6.34. The second kappa shape index (κ2) is 2.73. The van der Waals surface area contributed by atoms with Gasteiger partial charge in [0.25, 0.3) is 0 Å². The molecule has 1 nitrogen and oxygen atoms in total. The Hall–Kier alpha value is -0.330. The molecule has 0 heterocycles. The van der Waals surface area contributed by atoms with Crippen molar-refractivity contribution in [2.75, 3.05) is 0 Å². The van der Waals surface area contributed by atoms with Crippen molar-refractivity contribution in [2.45, 2.75) is 33.6 Å². The van der Waals surface area contributed by atoms with E-state index in [1.165, 1.54) is 0 Å². The summed E-state index contributed by atoms with van der Waals surface area (Å²) in [5, 5.41) is 0. The summed E-state index contributed by atoms with van der Waals surface area (Å²) in [5.74, 6) is 1.86. The first-order valence-corrected chi connectivity index (χ1v) is 4.15. The lowest BCUT2D eigenvalue weighted by Gasteiger charge is -2.27. The van der Waals surface area contributed by atoms with Gasteiger partial charge in [-0.1, -0.05) is 20.8 Å². The molecule has 1 fully saturated rings. The number of carbonyl (C=O) groups excluding carboxylic acids is 1. The number of hydrogen-bond acceptors (Lipinski definition) is 1. The number of ketones is 1. The Morgan fingerprint density at radius 1 is 1.10 bits per heavy atom. The van der Waals surface area contributed by atoms with Crippen LogP contribution < -0.4 is 0 Å². The maximum absolute atomic E-state index is 11.3. The minimum atomic E-state index is 0.318. The molecule has 0 aromatic carbocycles. The zero-order chi connectivity index (χ0) is 7.72. The first-order chi connectivity index (χ1) is 4.61. The highest BCUT2D eigenvalue weighted by molar-refractivity contribution is 5.83. The van der Waals surface area contributed by atoms with Gasteiger partial charge in [0.2, 0.25) is 0 Å². The second-order valence-electron chi connectivity index (χ2n) is 3.78. The lowest BCUT2D eigenvalue weighted by molar-refractivity contribution is -0.129. The molecule has 2 atom stereocenters. The Morgan fingerprint density at radius 3 is 1.90 bits per heavy atom. The fourth-order valence-corrected chi connectivity index (χ4v) is 2.02. The van der Waals surface area contributed by atoms with Gasteiger partial charge in [0.05, 0.1) is 0 Å². The molecule has 1 rings (SSSR count). The molecule has 0 N–H and O–H groups in total. The molecule has 1 aliphatic carbocycles. The summed E-state index contributed by atoms with van der Waals surface area (Å²) < 4.78 is 0. The molecule has 0 aromatic rings. The molecule has 2 unspecified atom stereocenters. The number of rotatable bonds is 0. The van der Waals surface area contributed by atoms with Crippen LogP contribution >= 0.6 is 0 Å². The number of Topliss-reactive ketones (excluding diaryl/α,β-unsaturated/α-hetero) is 1. The first-order valence-electron chi connectivity index (χ1n) is 4.15. The molecule has 0 spiro atoms. The summed E-state index contributed by atoms with van der Waals surface area (Å²) in [6.07, 6.45) is 2.20. The third-order valence-electron chi connectivity index (χ3n) is 2.48. The van der Waals surface area contributed by atoms with Crippen LogP contribution in [0.3, 0.4) is 0 Å². The van der Waals surface area contributed by atoms with Gasteiger partial charge in [-0.3, -0.25) is 4.79 Å². The quantitative estimate of drug-likeness (QED) is 0.504. The van der Waals surface area contributed by atoms with Crippen LogP contribution in [0.2, 0.25) is 0 Å². The van der Waals surface area contributed by atoms with Crippen LogP contribution in [-0.2, 0) is 4.79 Å². The molecule has 0 aromatic heterocycles. The molecule has 1 heteroatoms. The minimum Gasteiger partial charge on any atom is -0.299 e. The summed E-state index contributed by atoms with van der Waals surface area (Å²) in [6, 6.07) is 0. The van der Waals surface area contributed by atoms with E-state index in [0.717, 1.165) is 18.8 Å². The van der Waals surface area contributed by atoms with E-state index in [1.54, 1.807) is 0 Å². The van der Waals surface area contributed by atoms with E-state index in [-0.39, 0.29) is 0 Å². The third-order valence-corrected chi connectivity index (χ3v) is 2.48. The predicted molar refractivity (Wildman–Crippen MR) is 41.7 cm³/mol. The zero-order valence-electron chi connectivity index (χ0n) is 7.05. The highest BCUT2D eigenvalue weighted by atomic mass is 16.1. The highest BCUT2D eigenvalue weighted by Crippen LogP contribution is 2.29. The molecule has 0 bridgehead atoms. The Labute approximate surface area is 62.8 Å². The Balaban J connectivity index is 2.57. The summed E-state index contributed by atoms with van der Waals surface area (Å²) in [5.41, 5.74) is 0. The van der Waals surface area contributed by atoms with Gasteiger partial charge >= 0.3 is 0 Å². The summed E-state index contributed by atoms with van der Waals surface area (Å²) in [7, 11) is 0. The zero-order valence-corrected chi connectivity index (χ0v) is 7.05. The third kappa shape index (κ3) is 1.39. The maximum Gasteiger partial charge on any atom is 0.138 e. The van der Waals surface area contributed by atoms with Crippen molar-refractivity contribution >= 4 is 5.78 Å². The van der Waals surface area contributed by atoms with E-state index in [0.29, 0.717) is 17.6 Å². The van der Waals surface area contributed by atoms with Gasteiger partial charge in [-0.05, 0) is 18.8 Å². The van der Waals surface area contributed by atoms with E-state index >= 15 is 0 Å². The van der Waals surface area contributed by atoms with Crippen molar-refractivity contribution in [3.05, 3.63) is 0 Å². The van der Waals surface area contributed by atoms with E-state index in [9.17, 15) is 4.79 Å². The molecule has 58 valence electrons. The van der Waals surface area contributed by atoms with Crippen molar-refractivity contribution in [1.29, 1.82) is 0 Å². The fraction of sp³-hybridized carbons (Fsp3) is 0.889. The average molecular weight is 140 g/mol. The second-order valence-corrected chi connectivity index (χ2v) is 3.78. The van der Waals surface area contributed by atoms with Crippen molar-refractivity contribution < 1.29 is 4.79 Å². The van der Waals surface area contributed by atoms with Crippen molar-refractivity contribution in [3.63, 3.8) is 0 Å². The minimum absolute atomic E-state index is 0.318. The van der Waals surface area contributed by atoms with Crippen LogP contribution in [-0.4, -0.2) is 5.78 Å². The average Bonchev–Trinajstić information content (AvgIpc) is 1.82. The van der Waals surface area contributed by atoms with Gasteiger partial charge in [0.15, 0.2) is 0 Å². The Morgan fingerprint density at radius 2 is 1.50 bits per heavy atom. The van der Waals surface area contributed by atoms with Crippen LogP contribution in [0, 0.1) is 17.8 Å². The van der Waals surface area contributed by atoms with Crippen molar-refractivity contribution in [3.8, 4) is 0 Å². The Kier molecular flexibility index (Phi) is 2.12. The fourth-order valence-electron chi connectivity index (χ4n) is 2.02. The van der Waals surface area contributed by atoms with Gasteiger partial charge in [0.1, 0.15) is 5.78 Å². The van der Waals surface area contributed by atoms with Gasteiger partial charge in [-0.25, -0.2) is 0 Å². The van der Waals surface area contributed by atoms with Crippen LogP contribution in [0.15, 0.2) is 0 Å². The number of hydrogen-bond donors (Lipinski definition) is 0. The van der Waals surface area contributed by atoms with Crippen LogP contribution in [0.25, 0.3) is 0 Å². The molecule has 0 saturated heterocycles. The standard InChI is InChI=1S/C9H16O/c1-6-4-7(2)9(10)8(3)5-6/h6-8H,4-5H2,1-3H3. The first kappa shape index (κ1) is 7.77. The van der Waals surface area contributed by atoms with E-state index in [4.69, 9.17) is 0 Å². The van der Waals surface area contributed by atoms with Crippen molar-refractivity contribution in [1.82, 2.24) is 0 Å². The summed E-state index contributed by atoms with van der Waals surface area (Å²) in [4.78, 5) is 11.3. The lowest BCUT2D eigenvalue weighted by atomic mass is 9.77. The molecule has 10 heavy (non-hydrogen) atoms. The molecule has 0 radical (unpaired) electrons. The largest absolute Gasteiger partial charge is 0.299 e. The molecule has 1 saturated carbocycles. The topological polar surface area (TPSA) is 17.1 Å². The normalized spacial score (nSPS) is 41.9. The van der Waals surface area contributed by atoms with Gasteiger partial charge in [-0.2, -0.15) is 0 Å². The molecule has 0 aliphatic heterocycles. The summed E-state index contributed by atoms with van der Waals surface area (Å²) >= 11 is 0. The van der Waals surface area contributed by atoms with Crippen LogP contribution in [0.5, 0.6) is 0 Å². The van der Waals surface area contributed by atoms with E-state index in [2.05, 4.69) is 20.8 Å². The van der Waals surface area contributed by atoms with Gasteiger partial charge in [0, 0.05) is 11.8 Å². The highest BCUT2D eigenvalue weighted by Gasteiger charge is 2.28. The van der Waals surface area contributed by atoms with Crippen molar-refractivity contribution in [2.24, 2.45) is 17.8 Å². The SMILES string of the molecule is CC1CC(C)C(=O)C(C)C1. The smallest absolute Gasteiger partial charge is 0.138 e. The molecule has 0 amide bonds. The van der Waals surface area contributed by atoms with E-state index < -0.39 is 0 Å². The molecular formula is C9H16O. The predicted octanol–water partition coefficient (Wildman–Crippen LogP) is 2.26.